The zero-order chi connectivity index (χ0) is 15.1. The van der Waals surface area contributed by atoms with Gasteiger partial charge in [-0.15, -0.1) is 0 Å². The fraction of sp³-hybridized carbons (Fsp3) is 0.333. The van der Waals surface area contributed by atoms with Gasteiger partial charge < -0.3 is 0 Å². The summed E-state index contributed by atoms with van der Waals surface area (Å²) in [4.78, 5) is 12.5. The number of para-hydroxylation sites is 2. The summed E-state index contributed by atoms with van der Waals surface area (Å²) in [6.45, 7) is 2.57. The second kappa shape index (κ2) is 5.18. The predicted octanol–water partition coefficient (Wildman–Crippen LogP) is 2.45. The highest BCUT2D eigenvalue weighted by Gasteiger charge is 2.16. The van der Waals surface area contributed by atoms with Crippen molar-refractivity contribution in [2.24, 2.45) is 14.1 Å². The first-order valence-corrected chi connectivity index (χ1v) is 7.68. The van der Waals surface area contributed by atoms with Crippen LogP contribution in [0.5, 0.6) is 0 Å². The molecular weight excluding hydrogens is 332 g/mol. The molecule has 0 spiro atoms. The van der Waals surface area contributed by atoms with Crippen molar-refractivity contribution in [1.29, 1.82) is 0 Å². The fourth-order valence-electron chi connectivity index (χ4n) is 2.66. The lowest BCUT2D eigenvalue weighted by molar-refractivity contribution is 0.647. The molecule has 0 aliphatic carbocycles. The molecule has 0 unspecified atom stereocenters. The van der Waals surface area contributed by atoms with Gasteiger partial charge in [0.1, 0.15) is 0 Å². The smallest absolute Gasteiger partial charge is 0.295 e. The molecule has 0 aliphatic rings. The third-order valence-electron chi connectivity index (χ3n) is 3.86. The Morgan fingerprint density at radius 3 is 2.48 bits per heavy atom. The van der Waals surface area contributed by atoms with Crippen LogP contribution in [0, 0.1) is 0 Å². The molecule has 0 fully saturated rings. The number of aryl methyl sites for hydroxylation is 3. The zero-order valence-electron chi connectivity index (χ0n) is 12.3. The molecule has 2 heterocycles. The van der Waals surface area contributed by atoms with Crippen LogP contribution in [-0.4, -0.2) is 18.9 Å². The van der Waals surface area contributed by atoms with E-state index >= 15 is 0 Å². The Balaban J connectivity index is 2.17. The van der Waals surface area contributed by atoms with Crippen molar-refractivity contribution in [2.45, 2.75) is 19.9 Å². The normalized spacial score (nSPS) is 11.4. The summed E-state index contributed by atoms with van der Waals surface area (Å²) in [5.41, 5.74) is 3.89. The van der Waals surface area contributed by atoms with Crippen LogP contribution < -0.4 is 5.69 Å². The molecule has 0 amide bonds. The van der Waals surface area contributed by atoms with E-state index in [1.807, 2.05) is 36.0 Å². The largest absolute Gasteiger partial charge is 0.329 e. The summed E-state index contributed by atoms with van der Waals surface area (Å²) < 4.78 is 6.31. The Hall–Kier alpha value is -1.82. The molecule has 0 saturated carbocycles. The number of benzene rings is 1. The molecule has 110 valence electrons. The highest BCUT2D eigenvalue weighted by Crippen LogP contribution is 2.23. The predicted molar refractivity (Wildman–Crippen MR) is 86.6 cm³/mol. The Morgan fingerprint density at radius 1 is 1.19 bits per heavy atom. The molecule has 2 aromatic heterocycles. The first-order chi connectivity index (χ1) is 10.0. The van der Waals surface area contributed by atoms with Crippen LogP contribution in [0.25, 0.3) is 11.0 Å². The van der Waals surface area contributed by atoms with Crippen molar-refractivity contribution in [3.8, 4) is 0 Å². The second-order valence-corrected chi connectivity index (χ2v) is 5.89. The summed E-state index contributed by atoms with van der Waals surface area (Å²) in [7, 11) is 3.71. The van der Waals surface area contributed by atoms with E-state index in [1.54, 1.807) is 16.2 Å². The van der Waals surface area contributed by atoms with E-state index in [1.165, 1.54) is 0 Å². The average molecular weight is 349 g/mol. The summed E-state index contributed by atoms with van der Waals surface area (Å²) in [6.07, 6.45) is 0.860. The highest BCUT2D eigenvalue weighted by atomic mass is 79.9. The van der Waals surface area contributed by atoms with Gasteiger partial charge in [0.05, 0.1) is 33.4 Å². The standard InChI is InChI=1S/C15H17BrN4O/c1-4-10-14(16)13(19(3)17-10)9-20-12-8-6-5-7-11(12)18(2)15(20)21/h5-8H,4,9H2,1-3H3. The van der Waals surface area contributed by atoms with Gasteiger partial charge >= 0.3 is 5.69 Å². The average Bonchev–Trinajstić information content (AvgIpc) is 2.90. The molecule has 5 nitrogen and oxygen atoms in total. The van der Waals surface area contributed by atoms with Crippen molar-refractivity contribution in [1.82, 2.24) is 18.9 Å². The van der Waals surface area contributed by atoms with E-state index in [9.17, 15) is 4.79 Å². The minimum Gasteiger partial charge on any atom is -0.295 e. The van der Waals surface area contributed by atoms with Crippen molar-refractivity contribution < 1.29 is 0 Å². The summed E-state index contributed by atoms with van der Waals surface area (Å²) in [5, 5.41) is 4.49. The Labute approximate surface area is 130 Å². The number of imidazole rings is 1. The maximum absolute atomic E-state index is 12.5. The fourth-order valence-corrected chi connectivity index (χ4v) is 3.40. The molecule has 0 radical (unpaired) electrons. The van der Waals surface area contributed by atoms with E-state index in [-0.39, 0.29) is 5.69 Å². The quantitative estimate of drug-likeness (QED) is 0.729. The summed E-state index contributed by atoms with van der Waals surface area (Å²) in [6, 6.07) is 7.83. The first kappa shape index (κ1) is 14.1. The van der Waals surface area contributed by atoms with Crippen molar-refractivity contribution >= 4 is 27.0 Å². The van der Waals surface area contributed by atoms with Crippen LogP contribution in [0.3, 0.4) is 0 Å². The topological polar surface area (TPSA) is 44.8 Å². The molecule has 3 aromatic rings. The van der Waals surface area contributed by atoms with Crippen LogP contribution in [0.4, 0.5) is 0 Å². The summed E-state index contributed by atoms with van der Waals surface area (Å²) >= 11 is 3.61. The van der Waals surface area contributed by atoms with E-state index in [4.69, 9.17) is 0 Å². The van der Waals surface area contributed by atoms with Gasteiger partial charge in [-0.1, -0.05) is 19.1 Å². The SMILES string of the molecule is CCc1nn(C)c(Cn2c(=O)n(C)c3ccccc32)c1Br. The number of hydrogen-bond acceptors (Lipinski definition) is 2. The maximum Gasteiger partial charge on any atom is 0.329 e. The van der Waals surface area contributed by atoms with Gasteiger partial charge in [-0.05, 0) is 34.5 Å². The maximum atomic E-state index is 12.5. The molecule has 0 atom stereocenters. The Morgan fingerprint density at radius 2 is 1.86 bits per heavy atom. The number of hydrogen-bond donors (Lipinski definition) is 0. The van der Waals surface area contributed by atoms with Crippen molar-refractivity contribution in [3.05, 3.63) is 50.6 Å². The third-order valence-corrected chi connectivity index (χ3v) is 4.78. The molecular formula is C15H17BrN4O. The monoisotopic (exact) mass is 348 g/mol. The van der Waals surface area contributed by atoms with Gasteiger partial charge in [0.15, 0.2) is 0 Å². The van der Waals surface area contributed by atoms with E-state index in [2.05, 4.69) is 28.0 Å². The van der Waals surface area contributed by atoms with Crippen molar-refractivity contribution in [3.63, 3.8) is 0 Å². The second-order valence-electron chi connectivity index (χ2n) is 5.10. The van der Waals surface area contributed by atoms with Gasteiger partial charge in [0.2, 0.25) is 0 Å². The van der Waals surface area contributed by atoms with E-state index in [0.29, 0.717) is 6.54 Å². The zero-order valence-corrected chi connectivity index (χ0v) is 13.9. The number of fused-ring (bicyclic) bond motifs is 1. The third kappa shape index (κ3) is 2.14. The van der Waals surface area contributed by atoms with Crippen LogP contribution in [0.1, 0.15) is 18.3 Å². The van der Waals surface area contributed by atoms with Crippen LogP contribution in [-0.2, 0) is 27.1 Å². The Bertz CT molecular complexity index is 872. The molecule has 21 heavy (non-hydrogen) atoms. The number of rotatable bonds is 3. The van der Waals surface area contributed by atoms with Crippen LogP contribution in [0.2, 0.25) is 0 Å². The van der Waals surface area contributed by atoms with Gasteiger partial charge in [0, 0.05) is 14.1 Å². The van der Waals surface area contributed by atoms with Gasteiger partial charge in [0.25, 0.3) is 0 Å². The number of nitrogens with zero attached hydrogens (tertiary/aromatic N) is 4. The van der Waals surface area contributed by atoms with E-state index < -0.39 is 0 Å². The molecule has 6 heteroatoms. The van der Waals surface area contributed by atoms with E-state index in [0.717, 1.165) is 33.3 Å². The number of halogens is 1. The first-order valence-electron chi connectivity index (χ1n) is 6.89. The lowest BCUT2D eigenvalue weighted by Crippen LogP contribution is -2.23. The number of aromatic nitrogens is 4. The minimum atomic E-state index is -0.0117. The minimum absolute atomic E-state index is 0.0117. The lowest BCUT2D eigenvalue weighted by Gasteiger charge is -2.05. The van der Waals surface area contributed by atoms with Crippen LogP contribution in [0.15, 0.2) is 33.5 Å². The van der Waals surface area contributed by atoms with Crippen molar-refractivity contribution in [2.75, 3.05) is 0 Å². The highest BCUT2D eigenvalue weighted by molar-refractivity contribution is 9.10. The van der Waals surface area contributed by atoms with Gasteiger partial charge in [-0.3, -0.25) is 13.8 Å². The lowest BCUT2D eigenvalue weighted by atomic mass is 10.3. The van der Waals surface area contributed by atoms with Gasteiger partial charge in [-0.2, -0.15) is 5.10 Å². The molecule has 0 N–H and O–H groups in total. The van der Waals surface area contributed by atoms with Gasteiger partial charge in [-0.25, -0.2) is 4.79 Å². The van der Waals surface area contributed by atoms with Crippen LogP contribution >= 0.6 is 15.9 Å². The summed E-state index contributed by atoms with van der Waals surface area (Å²) in [5.74, 6) is 0. The Kier molecular flexibility index (Phi) is 3.49. The molecule has 0 bridgehead atoms. The molecule has 3 rings (SSSR count). The molecule has 0 aliphatic heterocycles. The molecule has 0 saturated heterocycles. The molecule has 1 aromatic carbocycles.